The number of hydrogen-bond donors (Lipinski definition) is 2. The molecule has 106 valence electrons. The summed E-state index contributed by atoms with van der Waals surface area (Å²) >= 11 is 0. The fourth-order valence-corrected chi connectivity index (χ4v) is 3.29. The number of nitrogens with zero attached hydrogens (tertiary/aromatic N) is 2. The van der Waals surface area contributed by atoms with Crippen LogP contribution >= 0.6 is 0 Å². The third-order valence-corrected chi connectivity index (χ3v) is 4.60. The summed E-state index contributed by atoms with van der Waals surface area (Å²) in [5.41, 5.74) is 0.189. The maximum absolute atomic E-state index is 12.3. The van der Waals surface area contributed by atoms with E-state index in [2.05, 4.69) is 17.1 Å². The van der Waals surface area contributed by atoms with Gasteiger partial charge in [0.05, 0.1) is 5.69 Å². The summed E-state index contributed by atoms with van der Waals surface area (Å²) in [6.07, 6.45) is 1.95. The summed E-state index contributed by atoms with van der Waals surface area (Å²) in [6, 6.07) is 0. The smallest absolute Gasteiger partial charge is 0.275 e. The Labute approximate surface area is 112 Å². The van der Waals surface area contributed by atoms with Crippen LogP contribution in [-0.2, 0) is 10.0 Å². The molecule has 1 saturated heterocycles. The van der Waals surface area contributed by atoms with Crippen molar-refractivity contribution in [2.45, 2.75) is 31.6 Å². The van der Waals surface area contributed by atoms with Gasteiger partial charge in [0.2, 0.25) is 10.0 Å². The van der Waals surface area contributed by atoms with Gasteiger partial charge in [-0.05, 0) is 19.3 Å². The Kier molecular flexibility index (Phi) is 3.64. The fraction of sp³-hybridized carbons (Fsp3) is 0.636. The van der Waals surface area contributed by atoms with Crippen LogP contribution in [0.1, 0.15) is 35.9 Å². The van der Waals surface area contributed by atoms with Gasteiger partial charge in [0.1, 0.15) is 4.90 Å². The second-order valence-corrected chi connectivity index (χ2v) is 6.38. The van der Waals surface area contributed by atoms with Crippen LogP contribution in [0, 0.1) is 12.8 Å². The number of rotatable bonds is 3. The van der Waals surface area contributed by atoms with E-state index in [0.717, 1.165) is 12.8 Å². The standard InChI is InChI=1S/C11H18N4O3S/c1-3-8-4-5-15(6-8)11(16)9-10(19(12,17)18)7(2)13-14-9/h8H,3-6H2,1-2H3,(H,13,14)(H2,12,17,18). The molecular formula is C11H18N4O3S. The number of H-pyrrole nitrogens is 1. The van der Waals surface area contributed by atoms with Gasteiger partial charge in [-0.3, -0.25) is 9.89 Å². The van der Waals surface area contributed by atoms with E-state index in [0.29, 0.717) is 19.0 Å². The zero-order valence-corrected chi connectivity index (χ0v) is 11.8. The third kappa shape index (κ3) is 2.64. The second kappa shape index (κ2) is 4.93. The van der Waals surface area contributed by atoms with Gasteiger partial charge in [0.25, 0.3) is 5.91 Å². The number of aryl methyl sites for hydroxylation is 1. The van der Waals surface area contributed by atoms with Crippen molar-refractivity contribution in [3.05, 3.63) is 11.4 Å². The molecule has 0 saturated carbocycles. The number of likely N-dealkylation sites (tertiary alicyclic amines) is 1. The average Bonchev–Trinajstić information content (AvgIpc) is 2.93. The third-order valence-electron chi connectivity index (χ3n) is 3.53. The first-order valence-corrected chi connectivity index (χ1v) is 7.76. The molecule has 7 nitrogen and oxygen atoms in total. The minimum absolute atomic E-state index is 0.100. The van der Waals surface area contributed by atoms with E-state index in [4.69, 9.17) is 5.14 Å². The Morgan fingerprint density at radius 2 is 2.26 bits per heavy atom. The summed E-state index contributed by atoms with van der Waals surface area (Å²) in [4.78, 5) is 13.8. The lowest BCUT2D eigenvalue weighted by molar-refractivity contribution is 0.0777. The van der Waals surface area contributed by atoms with Crippen LogP contribution in [0.5, 0.6) is 0 Å². The molecule has 0 bridgehead atoms. The summed E-state index contributed by atoms with van der Waals surface area (Å²) in [5.74, 6) is 0.103. The number of primary sulfonamides is 1. The predicted molar refractivity (Wildman–Crippen MR) is 69.0 cm³/mol. The fourth-order valence-electron chi connectivity index (χ4n) is 2.41. The van der Waals surface area contributed by atoms with Crippen molar-refractivity contribution in [1.29, 1.82) is 0 Å². The van der Waals surface area contributed by atoms with E-state index >= 15 is 0 Å². The normalized spacial score (nSPS) is 19.9. The van der Waals surface area contributed by atoms with E-state index in [1.54, 1.807) is 4.90 Å². The van der Waals surface area contributed by atoms with Crippen molar-refractivity contribution in [2.75, 3.05) is 13.1 Å². The number of aromatic nitrogens is 2. The molecule has 0 spiro atoms. The molecule has 2 heterocycles. The molecule has 0 radical (unpaired) electrons. The highest BCUT2D eigenvalue weighted by Crippen LogP contribution is 2.23. The molecule has 1 aliphatic heterocycles. The van der Waals surface area contributed by atoms with Crippen LogP contribution in [-0.4, -0.2) is 42.5 Å². The molecule has 1 fully saturated rings. The Balaban J connectivity index is 2.31. The summed E-state index contributed by atoms with van der Waals surface area (Å²) in [6.45, 7) is 4.88. The van der Waals surface area contributed by atoms with Crippen LogP contribution in [0.4, 0.5) is 0 Å². The van der Waals surface area contributed by atoms with Crippen LogP contribution in [0.3, 0.4) is 0 Å². The molecule has 1 aromatic rings. The van der Waals surface area contributed by atoms with E-state index in [1.807, 2.05) is 0 Å². The summed E-state index contributed by atoms with van der Waals surface area (Å²) < 4.78 is 23.0. The number of carbonyl (C=O) groups is 1. The molecular weight excluding hydrogens is 268 g/mol. The molecule has 19 heavy (non-hydrogen) atoms. The molecule has 2 rings (SSSR count). The van der Waals surface area contributed by atoms with Crippen molar-refractivity contribution in [3.8, 4) is 0 Å². The minimum Gasteiger partial charge on any atom is -0.337 e. The highest BCUT2D eigenvalue weighted by molar-refractivity contribution is 7.89. The molecule has 0 aromatic carbocycles. The van der Waals surface area contributed by atoms with E-state index in [-0.39, 0.29) is 22.2 Å². The van der Waals surface area contributed by atoms with Crippen LogP contribution < -0.4 is 5.14 Å². The Bertz CT molecular complexity index is 593. The van der Waals surface area contributed by atoms with Gasteiger partial charge in [-0.2, -0.15) is 5.10 Å². The second-order valence-electron chi connectivity index (χ2n) is 4.89. The first kappa shape index (κ1) is 14.0. The quantitative estimate of drug-likeness (QED) is 0.829. The predicted octanol–water partition coefficient (Wildman–Crippen LogP) is 0.238. The Morgan fingerprint density at radius 1 is 1.58 bits per heavy atom. The van der Waals surface area contributed by atoms with Crippen LogP contribution in [0.2, 0.25) is 0 Å². The highest BCUT2D eigenvalue weighted by Gasteiger charge is 2.32. The highest BCUT2D eigenvalue weighted by atomic mass is 32.2. The SMILES string of the molecule is CCC1CCN(C(=O)c2n[nH]c(C)c2S(N)(=O)=O)C1. The van der Waals surface area contributed by atoms with E-state index < -0.39 is 10.0 Å². The van der Waals surface area contributed by atoms with Gasteiger partial charge < -0.3 is 4.90 Å². The van der Waals surface area contributed by atoms with Crippen molar-refractivity contribution < 1.29 is 13.2 Å². The largest absolute Gasteiger partial charge is 0.337 e. The molecule has 0 aliphatic carbocycles. The number of aromatic amines is 1. The zero-order valence-electron chi connectivity index (χ0n) is 11.0. The number of sulfonamides is 1. The van der Waals surface area contributed by atoms with Gasteiger partial charge in [-0.1, -0.05) is 13.3 Å². The van der Waals surface area contributed by atoms with Crippen molar-refractivity contribution in [1.82, 2.24) is 15.1 Å². The summed E-state index contributed by atoms with van der Waals surface area (Å²) in [7, 11) is -3.96. The van der Waals surface area contributed by atoms with Crippen molar-refractivity contribution in [3.63, 3.8) is 0 Å². The van der Waals surface area contributed by atoms with Crippen molar-refractivity contribution in [2.24, 2.45) is 11.1 Å². The number of nitrogens with two attached hydrogens (primary N) is 1. The molecule has 1 aliphatic rings. The summed E-state index contributed by atoms with van der Waals surface area (Å²) in [5, 5.41) is 11.5. The number of hydrogen-bond acceptors (Lipinski definition) is 4. The van der Waals surface area contributed by atoms with Gasteiger partial charge in [-0.25, -0.2) is 13.6 Å². The van der Waals surface area contributed by atoms with Gasteiger partial charge in [-0.15, -0.1) is 0 Å². The van der Waals surface area contributed by atoms with Crippen LogP contribution in [0.15, 0.2) is 4.90 Å². The molecule has 1 atom stereocenters. The monoisotopic (exact) mass is 286 g/mol. The maximum atomic E-state index is 12.3. The van der Waals surface area contributed by atoms with Gasteiger partial charge >= 0.3 is 0 Å². The first-order chi connectivity index (χ1) is 8.84. The lowest BCUT2D eigenvalue weighted by Gasteiger charge is -2.15. The van der Waals surface area contributed by atoms with Gasteiger partial charge in [0.15, 0.2) is 5.69 Å². The lowest BCUT2D eigenvalue weighted by Crippen LogP contribution is -2.30. The van der Waals surface area contributed by atoms with E-state index in [9.17, 15) is 13.2 Å². The number of carbonyl (C=O) groups excluding carboxylic acids is 1. The maximum Gasteiger partial charge on any atom is 0.275 e. The Hall–Kier alpha value is -1.41. The molecule has 8 heteroatoms. The topological polar surface area (TPSA) is 109 Å². The number of nitrogens with one attached hydrogen (secondary N) is 1. The van der Waals surface area contributed by atoms with E-state index in [1.165, 1.54) is 6.92 Å². The zero-order chi connectivity index (χ0) is 14.2. The number of amides is 1. The molecule has 1 aromatic heterocycles. The molecule has 1 amide bonds. The molecule has 3 N–H and O–H groups in total. The van der Waals surface area contributed by atoms with Gasteiger partial charge in [0, 0.05) is 13.1 Å². The van der Waals surface area contributed by atoms with Crippen molar-refractivity contribution >= 4 is 15.9 Å². The minimum atomic E-state index is -3.96. The van der Waals surface area contributed by atoms with Crippen LogP contribution in [0.25, 0.3) is 0 Å². The molecule has 1 unspecified atom stereocenters. The first-order valence-electron chi connectivity index (χ1n) is 6.21. The lowest BCUT2D eigenvalue weighted by atomic mass is 10.1. The average molecular weight is 286 g/mol. The Morgan fingerprint density at radius 3 is 2.79 bits per heavy atom.